The van der Waals surface area contributed by atoms with Gasteiger partial charge in [0.1, 0.15) is 0 Å². The maximum Gasteiger partial charge on any atom is 1.00 e. The number of hydrogen-bond donors (Lipinski definition) is 1. The van der Waals surface area contributed by atoms with Gasteiger partial charge in [-0.15, -0.1) is 0 Å². The largest absolute Gasteiger partial charge is 1.00 e. The molecule has 1 atom stereocenters. The average molecular weight is 203 g/mol. The Morgan fingerprint density at radius 3 is 2.67 bits per heavy atom. The molecule has 0 radical (unpaired) electrons. The molecule has 0 aromatic rings. The molecule has 0 bridgehead atoms. The van der Waals surface area contributed by atoms with Gasteiger partial charge in [0.15, 0.2) is 0 Å². The summed E-state index contributed by atoms with van der Waals surface area (Å²) in [4.78, 5) is 10.4. The first-order chi connectivity index (χ1) is 6.63. The van der Waals surface area contributed by atoms with Gasteiger partial charge in [-0.25, -0.2) is 0 Å². The topological polar surface area (TPSA) is 75.4 Å². The molecule has 0 aromatic carbocycles. The van der Waals surface area contributed by atoms with Crippen molar-refractivity contribution in [1.29, 1.82) is 0 Å². The van der Waals surface area contributed by atoms with Crippen LogP contribution in [0.15, 0.2) is 23.5 Å². The van der Waals surface area contributed by atoms with Crippen molar-refractivity contribution in [3.8, 4) is 0 Å². The van der Waals surface area contributed by atoms with Crippen LogP contribution in [0, 0.1) is 0 Å². The Balaban J connectivity index is 0.00000196. The van der Waals surface area contributed by atoms with E-state index in [1.54, 1.807) is 7.11 Å². The van der Waals surface area contributed by atoms with E-state index in [9.17, 15) is 9.90 Å². The Kier molecular flexibility index (Phi) is 6.42. The van der Waals surface area contributed by atoms with E-state index in [2.05, 4.69) is 0 Å². The van der Waals surface area contributed by atoms with Crippen LogP contribution in [-0.4, -0.2) is 19.1 Å². The quantitative estimate of drug-likeness (QED) is 0.384. The number of carboxylic acids is 1. The summed E-state index contributed by atoms with van der Waals surface area (Å²) in [7, 11) is 1.62. The first kappa shape index (κ1) is 14.3. The van der Waals surface area contributed by atoms with Gasteiger partial charge in [-0.3, -0.25) is 0 Å². The summed E-state index contributed by atoms with van der Waals surface area (Å²) in [6.45, 7) is 0. The van der Waals surface area contributed by atoms with Crippen LogP contribution in [0.5, 0.6) is 0 Å². The molecule has 78 valence electrons. The van der Waals surface area contributed by atoms with Crippen LogP contribution in [0.3, 0.4) is 0 Å². The third-order valence-electron chi connectivity index (χ3n) is 2.23. The van der Waals surface area contributed by atoms with Crippen molar-refractivity contribution in [2.75, 3.05) is 7.11 Å². The molecule has 0 fully saturated rings. The van der Waals surface area contributed by atoms with Crippen molar-refractivity contribution in [3.63, 3.8) is 0 Å². The summed E-state index contributed by atoms with van der Waals surface area (Å²) in [5.41, 5.74) is 6.39. The molecule has 1 aliphatic carbocycles. The zero-order chi connectivity index (χ0) is 10.6. The van der Waals surface area contributed by atoms with Crippen molar-refractivity contribution in [1.82, 2.24) is 0 Å². The molecule has 0 aliphatic heterocycles. The first-order valence-electron chi connectivity index (χ1n) is 4.51. The maximum absolute atomic E-state index is 10.4. The minimum Gasteiger partial charge on any atom is -0.548 e. The van der Waals surface area contributed by atoms with E-state index in [-0.39, 0.29) is 18.9 Å². The minimum atomic E-state index is -1.20. The molecule has 0 heterocycles. The molecule has 15 heavy (non-hydrogen) atoms. The number of rotatable bonds is 4. The number of aliphatic carboxylic acids is 1. The minimum absolute atomic E-state index is 0. The summed E-state index contributed by atoms with van der Waals surface area (Å²) in [5, 5.41) is 10.4. The first-order valence-corrected chi connectivity index (χ1v) is 4.51. The Morgan fingerprint density at radius 2 is 2.27 bits per heavy atom. The number of carbonyl (C=O) groups excluding carboxylic acids is 1. The number of carboxylic acid groups (broad SMARTS) is 1. The van der Waals surface area contributed by atoms with Gasteiger partial charge >= 0.3 is 18.9 Å². The van der Waals surface area contributed by atoms with E-state index < -0.39 is 12.0 Å². The normalized spacial score (nSPS) is 16.9. The van der Waals surface area contributed by atoms with E-state index in [4.69, 9.17) is 10.5 Å². The fourth-order valence-electron chi connectivity index (χ4n) is 1.36. The number of ether oxygens (including phenoxy) is 1. The molecule has 0 spiro atoms. The predicted molar refractivity (Wildman–Crippen MR) is 50.0 cm³/mol. The van der Waals surface area contributed by atoms with Crippen molar-refractivity contribution >= 4 is 5.97 Å². The SMILES string of the molecule is COC1=CCC(CC(N)C(=O)[O-])=CC1.[Li+]. The Labute approximate surface area is 101 Å². The van der Waals surface area contributed by atoms with Gasteiger partial charge < -0.3 is 20.4 Å². The number of allylic oxidation sites excluding steroid dienone is 2. The zero-order valence-electron chi connectivity index (χ0n) is 9.16. The molecule has 0 saturated carbocycles. The molecule has 0 amide bonds. The van der Waals surface area contributed by atoms with Crippen molar-refractivity contribution in [2.24, 2.45) is 5.73 Å². The molecule has 1 aliphatic rings. The van der Waals surface area contributed by atoms with E-state index in [0.29, 0.717) is 19.3 Å². The van der Waals surface area contributed by atoms with Gasteiger partial charge in [0.05, 0.1) is 18.8 Å². The van der Waals surface area contributed by atoms with Gasteiger partial charge in [-0.05, 0) is 18.9 Å². The molecule has 4 nitrogen and oxygen atoms in total. The smallest absolute Gasteiger partial charge is 0.548 e. The third-order valence-corrected chi connectivity index (χ3v) is 2.23. The molecule has 1 rings (SSSR count). The average Bonchev–Trinajstić information content (AvgIpc) is 2.19. The molecule has 0 saturated heterocycles. The summed E-state index contributed by atoms with van der Waals surface area (Å²) < 4.78 is 5.05. The Morgan fingerprint density at radius 1 is 1.60 bits per heavy atom. The van der Waals surface area contributed by atoms with Gasteiger partial charge in [-0.1, -0.05) is 11.6 Å². The summed E-state index contributed by atoms with van der Waals surface area (Å²) >= 11 is 0. The molecule has 2 N–H and O–H groups in total. The second kappa shape index (κ2) is 6.73. The van der Waals surface area contributed by atoms with E-state index in [1.165, 1.54) is 0 Å². The Hall–Kier alpha value is -0.693. The molecule has 0 aromatic heterocycles. The van der Waals surface area contributed by atoms with Gasteiger partial charge in [-0.2, -0.15) is 0 Å². The van der Waals surface area contributed by atoms with Gasteiger partial charge in [0.2, 0.25) is 0 Å². The van der Waals surface area contributed by atoms with Crippen molar-refractivity contribution < 1.29 is 33.5 Å². The summed E-state index contributed by atoms with van der Waals surface area (Å²) in [5.74, 6) is -0.289. The molecular formula is C10H14LiNO3. The summed E-state index contributed by atoms with van der Waals surface area (Å²) in [6.07, 6.45) is 5.69. The van der Waals surface area contributed by atoms with Crippen LogP contribution in [-0.2, 0) is 9.53 Å². The number of nitrogens with two attached hydrogens (primary N) is 1. The van der Waals surface area contributed by atoms with Crippen LogP contribution in [0.2, 0.25) is 0 Å². The molecule has 1 unspecified atom stereocenters. The maximum atomic E-state index is 10.4. The number of hydrogen-bond acceptors (Lipinski definition) is 4. The summed E-state index contributed by atoms with van der Waals surface area (Å²) in [6, 6.07) is -0.904. The van der Waals surface area contributed by atoms with Crippen LogP contribution in [0.25, 0.3) is 0 Å². The van der Waals surface area contributed by atoms with Crippen LogP contribution >= 0.6 is 0 Å². The molecular weight excluding hydrogens is 189 g/mol. The van der Waals surface area contributed by atoms with E-state index in [1.807, 2.05) is 12.2 Å². The number of methoxy groups -OCH3 is 1. The Bertz CT molecular complexity index is 286. The zero-order valence-corrected chi connectivity index (χ0v) is 9.16. The van der Waals surface area contributed by atoms with Gasteiger partial charge in [0, 0.05) is 12.5 Å². The van der Waals surface area contributed by atoms with E-state index in [0.717, 1.165) is 11.3 Å². The second-order valence-corrected chi connectivity index (χ2v) is 3.27. The third kappa shape index (κ3) is 4.56. The fourth-order valence-corrected chi connectivity index (χ4v) is 1.36. The predicted octanol–water partition coefficient (Wildman–Crippen LogP) is -3.29. The van der Waals surface area contributed by atoms with Crippen molar-refractivity contribution in [3.05, 3.63) is 23.5 Å². The standard InChI is InChI=1S/C10H15NO3.Li/c1-14-8-4-2-7(3-5-8)6-9(11)10(12)13;/h2,5,9H,3-4,6,11H2,1H3,(H,12,13);/q;+1/p-1. The van der Waals surface area contributed by atoms with E-state index >= 15 is 0 Å². The fraction of sp³-hybridized carbons (Fsp3) is 0.500. The van der Waals surface area contributed by atoms with Crippen LogP contribution in [0.4, 0.5) is 0 Å². The van der Waals surface area contributed by atoms with Crippen LogP contribution in [0.1, 0.15) is 19.3 Å². The number of carbonyl (C=O) groups is 1. The van der Waals surface area contributed by atoms with Crippen molar-refractivity contribution in [2.45, 2.75) is 25.3 Å². The van der Waals surface area contributed by atoms with Crippen LogP contribution < -0.4 is 29.7 Å². The second-order valence-electron chi connectivity index (χ2n) is 3.27. The molecule has 5 heteroatoms. The van der Waals surface area contributed by atoms with Gasteiger partial charge in [0.25, 0.3) is 0 Å². The monoisotopic (exact) mass is 203 g/mol.